The van der Waals surface area contributed by atoms with Gasteiger partial charge in [-0.3, -0.25) is 0 Å². The zero-order chi connectivity index (χ0) is 12.3. The molecule has 0 spiro atoms. The molecule has 94 valence electrons. The van der Waals surface area contributed by atoms with Crippen molar-refractivity contribution < 1.29 is 0 Å². The standard InChI is InChI=1S/C14H20BrNS/c1-14(2)7-8-16(9-10-17-14)13-5-3-12(11-15)4-6-13/h3-6H,7-11H2,1-2H3. The van der Waals surface area contributed by atoms with Gasteiger partial charge in [0.05, 0.1) is 0 Å². The molecule has 0 N–H and O–H groups in total. The third-order valence-corrected chi connectivity index (χ3v) is 5.31. The van der Waals surface area contributed by atoms with Gasteiger partial charge in [-0.1, -0.05) is 41.9 Å². The van der Waals surface area contributed by atoms with Crippen LogP contribution in [0.4, 0.5) is 5.69 Å². The molecule has 1 aromatic carbocycles. The normalized spacial score (nSPS) is 20.1. The second-order valence-electron chi connectivity index (χ2n) is 5.15. The highest BCUT2D eigenvalue weighted by atomic mass is 79.9. The lowest BCUT2D eigenvalue weighted by Gasteiger charge is -2.24. The van der Waals surface area contributed by atoms with Gasteiger partial charge in [-0.2, -0.15) is 11.8 Å². The van der Waals surface area contributed by atoms with Gasteiger partial charge in [-0.25, -0.2) is 0 Å². The number of alkyl halides is 1. The Hall–Kier alpha value is -0.150. The average Bonchev–Trinajstić information content (AvgIpc) is 2.50. The number of thioether (sulfide) groups is 1. The van der Waals surface area contributed by atoms with Crippen LogP contribution in [-0.2, 0) is 5.33 Å². The maximum atomic E-state index is 3.49. The first-order valence-electron chi connectivity index (χ1n) is 6.14. The molecule has 1 saturated heterocycles. The van der Waals surface area contributed by atoms with Crippen LogP contribution in [0.15, 0.2) is 24.3 Å². The Morgan fingerprint density at radius 3 is 2.59 bits per heavy atom. The summed E-state index contributed by atoms with van der Waals surface area (Å²) >= 11 is 5.59. The van der Waals surface area contributed by atoms with E-state index in [1.54, 1.807) is 0 Å². The van der Waals surface area contributed by atoms with E-state index in [1.165, 1.54) is 36.5 Å². The monoisotopic (exact) mass is 313 g/mol. The summed E-state index contributed by atoms with van der Waals surface area (Å²) in [5.74, 6) is 1.23. The number of anilines is 1. The zero-order valence-electron chi connectivity index (χ0n) is 10.6. The maximum absolute atomic E-state index is 3.49. The number of hydrogen-bond donors (Lipinski definition) is 0. The molecule has 1 fully saturated rings. The first-order chi connectivity index (χ1) is 8.11. The summed E-state index contributed by atoms with van der Waals surface area (Å²) in [5.41, 5.74) is 2.71. The maximum Gasteiger partial charge on any atom is 0.0366 e. The van der Waals surface area contributed by atoms with E-state index >= 15 is 0 Å². The molecule has 0 atom stereocenters. The quantitative estimate of drug-likeness (QED) is 0.749. The van der Waals surface area contributed by atoms with Gasteiger partial charge in [0.15, 0.2) is 0 Å². The van der Waals surface area contributed by atoms with Gasteiger partial charge in [-0.15, -0.1) is 0 Å². The minimum absolute atomic E-state index is 0.435. The molecule has 0 unspecified atom stereocenters. The highest BCUT2D eigenvalue weighted by molar-refractivity contribution is 9.08. The summed E-state index contributed by atoms with van der Waals surface area (Å²) in [6.07, 6.45) is 1.26. The highest BCUT2D eigenvalue weighted by Gasteiger charge is 2.23. The summed E-state index contributed by atoms with van der Waals surface area (Å²) in [5, 5.41) is 0.941. The van der Waals surface area contributed by atoms with Crippen molar-refractivity contribution in [1.82, 2.24) is 0 Å². The van der Waals surface area contributed by atoms with Crippen LogP contribution in [-0.4, -0.2) is 23.6 Å². The molecule has 0 aliphatic carbocycles. The van der Waals surface area contributed by atoms with Crippen LogP contribution in [0.2, 0.25) is 0 Å². The minimum Gasteiger partial charge on any atom is -0.371 e. The molecular weight excluding hydrogens is 294 g/mol. The largest absolute Gasteiger partial charge is 0.371 e. The fourth-order valence-electron chi connectivity index (χ4n) is 2.07. The fourth-order valence-corrected chi connectivity index (χ4v) is 3.55. The minimum atomic E-state index is 0.435. The Balaban J connectivity index is 2.06. The number of nitrogens with zero attached hydrogens (tertiary/aromatic N) is 1. The van der Waals surface area contributed by atoms with Crippen LogP contribution in [0, 0.1) is 0 Å². The molecule has 0 aromatic heterocycles. The van der Waals surface area contributed by atoms with Crippen molar-refractivity contribution in [3.8, 4) is 0 Å². The van der Waals surface area contributed by atoms with Crippen molar-refractivity contribution in [1.29, 1.82) is 0 Å². The van der Waals surface area contributed by atoms with Gasteiger partial charge >= 0.3 is 0 Å². The van der Waals surface area contributed by atoms with Crippen LogP contribution in [0.1, 0.15) is 25.8 Å². The predicted molar refractivity (Wildman–Crippen MR) is 82.4 cm³/mol. The molecule has 1 aromatic rings. The Kier molecular flexibility index (Phi) is 4.42. The van der Waals surface area contributed by atoms with Gasteiger partial charge in [0.2, 0.25) is 0 Å². The van der Waals surface area contributed by atoms with E-state index in [0.29, 0.717) is 4.75 Å². The number of hydrogen-bond acceptors (Lipinski definition) is 2. The third-order valence-electron chi connectivity index (χ3n) is 3.29. The van der Waals surface area contributed by atoms with E-state index in [1.807, 2.05) is 0 Å². The molecule has 1 aliphatic heterocycles. The van der Waals surface area contributed by atoms with Crippen molar-refractivity contribution in [2.45, 2.75) is 30.3 Å². The van der Waals surface area contributed by atoms with Crippen molar-refractivity contribution in [3.63, 3.8) is 0 Å². The SMILES string of the molecule is CC1(C)CCN(c2ccc(CBr)cc2)CCS1. The highest BCUT2D eigenvalue weighted by Crippen LogP contribution is 2.32. The molecular formula is C14H20BrNS. The first-order valence-corrected chi connectivity index (χ1v) is 8.25. The second-order valence-corrected chi connectivity index (χ2v) is 7.51. The van der Waals surface area contributed by atoms with Crippen molar-refractivity contribution in [2.24, 2.45) is 0 Å². The number of halogens is 1. The average molecular weight is 314 g/mol. The van der Waals surface area contributed by atoms with Crippen LogP contribution < -0.4 is 4.90 Å². The van der Waals surface area contributed by atoms with Crippen LogP contribution in [0.25, 0.3) is 0 Å². The van der Waals surface area contributed by atoms with Crippen LogP contribution in [0.3, 0.4) is 0 Å². The van der Waals surface area contributed by atoms with E-state index < -0.39 is 0 Å². The van der Waals surface area contributed by atoms with E-state index in [0.717, 1.165) is 5.33 Å². The van der Waals surface area contributed by atoms with Gasteiger partial charge in [0, 0.05) is 34.6 Å². The smallest absolute Gasteiger partial charge is 0.0366 e. The van der Waals surface area contributed by atoms with Gasteiger partial charge < -0.3 is 4.90 Å². The summed E-state index contributed by atoms with van der Waals surface area (Å²) in [6.45, 7) is 7.06. The third kappa shape index (κ3) is 3.65. The fraction of sp³-hybridized carbons (Fsp3) is 0.571. The van der Waals surface area contributed by atoms with Crippen molar-refractivity contribution in [3.05, 3.63) is 29.8 Å². The summed E-state index contributed by atoms with van der Waals surface area (Å²) in [7, 11) is 0. The summed E-state index contributed by atoms with van der Waals surface area (Å²) in [4.78, 5) is 2.51. The van der Waals surface area contributed by atoms with Crippen LogP contribution >= 0.6 is 27.7 Å². The molecule has 1 aliphatic rings. The van der Waals surface area contributed by atoms with Crippen LogP contribution in [0.5, 0.6) is 0 Å². The zero-order valence-corrected chi connectivity index (χ0v) is 13.0. The van der Waals surface area contributed by atoms with Gasteiger partial charge in [0.1, 0.15) is 0 Å². The Labute approximate surface area is 117 Å². The Bertz CT molecular complexity index is 361. The molecule has 0 radical (unpaired) electrons. The first kappa shape index (κ1) is 13.3. The molecule has 17 heavy (non-hydrogen) atoms. The molecule has 1 heterocycles. The van der Waals surface area contributed by atoms with Crippen molar-refractivity contribution >= 4 is 33.4 Å². The van der Waals surface area contributed by atoms with E-state index in [-0.39, 0.29) is 0 Å². The second kappa shape index (κ2) is 5.66. The van der Waals surface area contributed by atoms with E-state index in [9.17, 15) is 0 Å². The lowest BCUT2D eigenvalue weighted by molar-refractivity contribution is 0.638. The summed E-state index contributed by atoms with van der Waals surface area (Å²) in [6, 6.07) is 8.93. The van der Waals surface area contributed by atoms with E-state index in [4.69, 9.17) is 0 Å². The van der Waals surface area contributed by atoms with E-state index in [2.05, 4.69) is 70.7 Å². The molecule has 1 nitrogen and oxygen atoms in total. The Morgan fingerprint density at radius 2 is 1.94 bits per heavy atom. The Morgan fingerprint density at radius 1 is 1.24 bits per heavy atom. The topological polar surface area (TPSA) is 3.24 Å². The summed E-state index contributed by atoms with van der Waals surface area (Å²) < 4.78 is 0.435. The predicted octanol–water partition coefficient (Wildman–Crippen LogP) is 4.30. The lowest BCUT2D eigenvalue weighted by atomic mass is 10.1. The molecule has 0 saturated carbocycles. The van der Waals surface area contributed by atoms with Crippen molar-refractivity contribution in [2.75, 3.05) is 23.7 Å². The molecule has 0 amide bonds. The van der Waals surface area contributed by atoms with Gasteiger partial charge in [0.25, 0.3) is 0 Å². The molecule has 0 bridgehead atoms. The molecule has 2 rings (SSSR count). The van der Waals surface area contributed by atoms with Gasteiger partial charge in [-0.05, 0) is 24.1 Å². The number of benzene rings is 1. The molecule has 3 heteroatoms. The number of rotatable bonds is 2. The lowest BCUT2D eigenvalue weighted by Crippen LogP contribution is -2.26.